The van der Waals surface area contributed by atoms with Crippen molar-refractivity contribution >= 4 is 39.0 Å². The van der Waals surface area contributed by atoms with Gasteiger partial charge in [0.05, 0.1) is 22.7 Å². The molecule has 0 radical (unpaired) electrons. The number of aryl methyl sites for hydroxylation is 1. The molecule has 0 amide bonds. The quantitative estimate of drug-likeness (QED) is 0.320. The van der Waals surface area contributed by atoms with Gasteiger partial charge in [0, 0.05) is 10.9 Å². The van der Waals surface area contributed by atoms with Gasteiger partial charge in [-0.1, -0.05) is 47.1 Å². The van der Waals surface area contributed by atoms with Gasteiger partial charge in [0.25, 0.3) is 5.56 Å². The Morgan fingerprint density at radius 1 is 1.15 bits per heavy atom. The highest BCUT2D eigenvalue weighted by Crippen LogP contribution is 2.17. The zero-order valence-corrected chi connectivity index (χ0v) is 20.0. The molecule has 172 valence electrons. The molecular formula is C26H22BrN3O4. The third-order valence-corrected chi connectivity index (χ3v) is 5.63. The van der Waals surface area contributed by atoms with Gasteiger partial charge in [-0.2, -0.15) is 9.78 Å². The third kappa shape index (κ3) is 5.40. The summed E-state index contributed by atoms with van der Waals surface area (Å²) in [5.74, 6) is 0.277. The maximum atomic E-state index is 13.1. The van der Waals surface area contributed by atoms with Gasteiger partial charge in [0.15, 0.2) is 0 Å². The van der Waals surface area contributed by atoms with Crippen LogP contribution in [-0.4, -0.2) is 27.0 Å². The third-order valence-electron chi connectivity index (χ3n) is 5.14. The van der Waals surface area contributed by atoms with Crippen molar-refractivity contribution in [3.63, 3.8) is 0 Å². The summed E-state index contributed by atoms with van der Waals surface area (Å²) in [5, 5.41) is 14.0. The van der Waals surface area contributed by atoms with E-state index in [1.165, 1.54) is 4.68 Å². The normalized spacial score (nSPS) is 11.2. The van der Waals surface area contributed by atoms with Gasteiger partial charge in [-0.05, 0) is 60.0 Å². The Balaban J connectivity index is 1.56. The number of hydrogen-bond donors (Lipinski definition) is 1. The topological polar surface area (TPSA) is 93.8 Å². The molecule has 7 nitrogen and oxygen atoms in total. The minimum Gasteiger partial charge on any atom is -0.489 e. The molecule has 0 unspecified atom stereocenters. The molecule has 3 aromatic carbocycles. The van der Waals surface area contributed by atoms with Crippen molar-refractivity contribution in [2.24, 2.45) is 5.10 Å². The Morgan fingerprint density at radius 2 is 1.94 bits per heavy atom. The van der Waals surface area contributed by atoms with Crippen LogP contribution in [-0.2, 0) is 13.0 Å². The molecule has 0 bridgehead atoms. The van der Waals surface area contributed by atoms with Crippen molar-refractivity contribution in [3.05, 3.63) is 104 Å². The summed E-state index contributed by atoms with van der Waals surface area (Å²) in [6.07, 6.45) is 3.07. The standard InChI is InChI=1S/C26H22BrN3O4/c1-2-4-24-29-23-12-11-20(27)14-22(23)25(31)30(24)28-15-18-5-3-6-21(13-18)34-16-17-7-9-19(10-8-17)26(32)33/h3,5-15H,2,4,16H2,1H3,(H,32,33). The van der Waals surface area contributed by atoms with E-state index in [1.54, 1.807) is 36.5 Å². The first-order valence-corrected chi connectivity index (χ1v) is 11.5. The van der Waals surface area contributed by atoms with Crippen LogP contribution < -0.4 is 10.3 Å². The minimum absolute atomic E-state index is 0.219. The van der Waals surface area contributed by atoms with Gasteiger partial charge in [-0.25, -0.2) is 9.78 Å². The molecule has 0 aliphatic carbocycles. The minimum atomic E-state index is -0.963. The van der Waals surface area contributed by atoms with E-state index >= 15 is 0 Å². The predicted molar refractivity (Wildman–Crippen MR) is 135 cm³/mol. The number of ether oxygens (including phenoxy) is 1. The molecule has 4 aromatic rings. The van der Waals surface area contributed by atoms with E-state index in [1.807, 2.05) is 43.3 Å². The second-order valence-electron chi connectivity index (χ2n) is 7.66. The SMILES string of the molecule is CCCc1nc2ccc(Br)cc2c(=O)n1N=Cc1cccc(OCc2ccc(C(=O)O)cc2)c1. The molecule has 0 spiro atoms. The highest BCUT2D eigenvalue weighted by Gasteiger charge is 2.10. The molecule has 0 fully saturated rings. The van der Waals surface area contributed by atoms with Crippen LogP contribution in [0.5, 0.6) is 5.75 Å². The Labute approximate surface area is 204 Å². The molecule has 1 N–H and O–H groups in total. The van der Waals surface area contributed by atoms with Crippen molar-refractivity contribution in [2.45, 2.75) is 26.4 Å². The average Bonchev–Trinajstić information content (AvgIpc) is 2.84. The van der Waals surface area contributed by atoms with Gasteiger partial charge in [-0.3, -0.25) is 4.79 Å². The van der Waals surface area contributed by atoms with Crippen molar-refractivity contribution in [3.8, 4) is 5.75 Å². The molecule has 1 heterocycles. The number of fused-ring (bicyclic) bond motifs is 1. The van der Waals surface area contributed by atoms with E-state index in [9.17, 15) is 9.59 Å². The first-order valence-electron chi connectivity index (χ1n) is 10.7. The molecule has 0 atom stereocenters. The molecule has 0 aliphatic heterocycles. The lowest BCUT2D eigenvalue weighted by atomic mass is 10.1. The van der Waals surface area contributed by atoms with Gasteiger partial charge in [-0.15, -0.1) is 0 Å². The number of halogens is 1. The number of carboxylic acids is 1. The fraction of sp³-hybridized carbons (Fsp3) is 0.154. The van der Waals surface area contributed by atoms with E-state index in [0.717, 1.165) is 22.0 Å². The molecule has 34 heavy (non-hydrogen) atoms. The van der Waals surface area contributed by atoms with Crippen molar-refractivity contribution in [1.82, 2.24) is 9.66 Å². The monoisotopic (exact) mass is 519 g/mol. The second-order valence-corrected chi connectivity index (χ2v) is 8.58. The molecule has 0 saturated heterocycles. The second kappa shape index (κ2) is 10.4. The number of aromatic nitrogens is 2. The van der Waals surface area contributed by atoms with E-state index in [4.69, 9.17) is 9.84 Å². The summed E-state index contributed by atoms with van der Waals surface area (Å²) in [6.45, 7) is 2.33. The van der Waals surface area contributed by atoms with Gasteiger partial charge < -0.3 is 9.84 Å². The maximum Gasteiger partial charge on any atom is 0.335 e. The molecule has 0 aliphatic rings. The summed E-state index contributed by atoms with van der Waals surface area (Å²) < 4.78 is 8.01. The lowest BCUT2D eigenvalue weighted by Crippen LogP contribution is -2.22. The Bertz CT molecular complexity index is 1430. The van der Waals surface area contributed by atoms with Crippen LogP contribution in [0.2, 0.25) is 0 Å². The first-order chi connectivity index (χ1) is 16.4. The molecule has 1 aromatic heterocycles. The van der Waals surface area contributed by atoms with E-state index in [0.29, 0.717) is 35.5 Å². The predicted octanol–water partition coefficient (Wildman–Crippen LogP) is 5.27. The fourth-order valence-electron chi connectivity index (χ4n) is 3.42. The van der Waals surface area contributed by atoms with Crippen LogP contribution >= 0.6 is 15.9 Å². The summed E-state index contributed by atoms with van der Waals surface area (Å²) in [4.78, 5) is 28.7. The molecule has 0 saturated carbocycles. The smallest absolute Gasteiger partial charge is 0.335 e. The van der Waals surface area contributed by atoms with Crippen LogP contribution in [0.3, 0.4) is 0 Å². The summed E-state index contributed by atoms with van der Waals surface area (Å²) in [6, 6.07) is 19.3. The highest BCUT2D eigenvalue weighted by molar-refractivity contribution is 9.10. The lowest BCUT2D eigenvalue weighted by Gasteiger charge is -2.09. The van der Waals surface area contributed by atoms with Gasteiger partial charge >= 0.3 is 5.97 Å². The van der Waals surface area contributed by atoms with E-state index < -0.39 is 5.97 Å². The van der Waals surface area contributed by atoms with E-state index in [-0.39, 0.29) is 11.1 Å². The Hall–Kier alpha value is -3.78. The number of rotatable bonds is 8. The van der Waals surface area contributed by atoms with Crippen molar-refractivity contribution in [2.75, 3.05) is 0 Å². The number of benzene rings is 3. The van der Waals surface area contributed by atoms with Crippen molar-refractivity contribution < 1.29 is 14.6 Å². The van der Waals surface area contributed by atoms with E-state index in [2.05, 4.69) is 26.0 Å². The number of aromatic carboxylic acids is 1. The lowest BCUT2D eigenvalue weighted by molar-refractivity contribution is 0.0697. The molecular weight excluding hydrogens is 498 g/mol. The largest absolute Gasteiger partial charge is 0.489 e. The van der Waals surface area contributed by atoms with Crippen molar-refractivity contribution in [1.29, 1.82) is 0 Å². The first kappa shape index (κ1) is 23.4. The van der Waals surface area contributed by atoms with Crippen LogP contribution in [0.15, 0.2) is 81.1 Å². The number of nitrogens with zero attached hydrogens (tertiary/aromatic N) is 3. The fourth-order valence-corrected chi connectivity index (χ4v) is 3.78. The summed E-state index contributed by atoms with van der Waals surface area (Å²) in [7, 11) is 0. The van der Waals surface area contributed by atoms with Gasteiger partial charge in [0.2, 0.25) is 0 Å². The number of carboxylic acid groups (broad SMARTS) is 1. The average molecular weight is 520 g/mol. The van der Waals surface area contributed by atoms with Gasteiger partial charge in [0.1, 0.15) is 18.2 Å². The Morgan fingerprint density at radius 3 is 2.68 bits per heavy atom. The van der Waals surface area contributed by atoms with Crippen LogP contribution in [0.1, 0.15) is 40.7 Å². The number of hydrogen-bond acceptors (Lipinski definition) is 5. The number of carbonyl (C=O) groups is 1. The summed E-state index contributed by atoms with van der Waals surface area (Å²) >= 11 is 3.41. The van der Waals surface area contributed by atoms with Crippen LogP contribution in [0, 0.1) is 0 Å². The maximum absolute atomic E-state index is 13.1. The molecule has 8 heteroatoms. The molecule has 4 rings (SSSR count). The zero-order valence-electron chi connectivity index (χ0n) is 18.4. The van der Waals surface area contributed by atoms with Crippen LogP contribution in [0.25, 0.3) is 10.9 Å². The van der Waals surface area contributed by atoms with Crippen LogP contribution in [0.4, 0.5) is 0 Å². The highest BCUT2D eigenvalue weighted by atomic mass is 79.9. The zero-order chi connectivity index (χ0) is 24.1. The Kier molecular flexibility index (Phi) is 7.18. The summed E-state index contributed by atoms with van der Waals surface area (Å²) in [5.41, 5.74) is 2.28.